The van der Waals surface area contributed by atoms with E-state index in [2.05, 4.69) is 5.32 Å². The highest BCUT2D eigenvalue weighted by Gasteiger charge is 2.21. The van der Waals surface area contributed by atoms with E-state index in [1.807, 2.05) is 39.0 Å². The highest BCUT2D eigenvalue weighted by molar-refractivity contribution is 5.91. The van der Waals surface area contributed by atoms with Gasteiger partial charge in [-0.05, 0) is 34.8 Å². The largest absolute Gasteiger partial charge is 0.493 e. The maximum atomic E-state index is 11.7. The number of carbonyl (C=O) groups is 1. The van der Waals surface area contributed by atoms with Gasteiger partial charge in [-0.25, -0.2) is 0 Å². The first-order valence-corrected chi connectivity index (χ1v) is 7.26. The van der Waals surface area contributed by atoms with Gasteiger partial charge in [0.05, 0.1) is 12.7 Å². The summed E-state index contributed by atoms with van der Waals surface area (Å²) in [6, 6.07) is 5.90. The van der Waals surface area contributed by atoms with E-state index in [1.54, 1.807) is 6.08 Å². The molecule has 0 bridgehead atoms. The van der Waals surface area contributed by atoms with E-state index in [0.717, 1.165) is 24.3 Å². The van der Waals surface area contributed by atoms with Crippen LogP contribution in [-0.2, 0) is 11.2 Å². The summed E-state index contributed by atoms with van der Waals surface area (Å²) in [7, 11) is 0. The Morgan fingerprint density at radius 1 is 1.48 bits per heavy atom. The van der Waals surface area contributed by atoms with Crippen LogP contribution in [0, 0.1) is 5.41 Å². The quantitative estimate of drug-likeness (QED) is 0.835. The number of fused-ring (bicyclic) bond motifs is 1. The molecule has 114 valence electrons. The van der Waals surface area contributed by atoms with Gasteiger partial charge in [-0.3, -0.25) is 4.79 Å². The Morgan fingerprint density at radius 3 is 2.95 bits per heavy atom. The summed E-state index contributed by atoms with van der Waals surface area (Å²) in [5.41, 5.74) is 1.92. The molecule has 2 N–H and O–H groups in total. The van der Waals surface area contributed by atoms with Crippen molar-refractivity contribution in [1.29, 1.82) is 0 Å². The minimum atomic E-state index is -0.563. The number of ether oxygens (including phenoxy) is 1. The topological polar surface area (TPSA) is 58.6 Å². The fraction of sp³-hybridized carbons (Fsp3) is 0.471. The minimum Gasteiger partial charge on any atom is -0.493 e. The molecule has 0 radical (unpaired) electrons. The van der Waals surface area contributed by atoms with Gasteiger partial charge >= 0.3 is 0 Å². The van der Waals surface area contributed by atoms with Crippen LogP contribution >= 0.6 is 0 Å². The Morgan fingerprint density at radius 2 is 2.24 bits per heavy atom. The molecule has 1 aromatic rings. The lowest BCUT2D eigenvalue weighted by atomic mass is 9.89. The number of hydrogen-bond acceptors (Lipinski definition) is 3. The summed E-state index contributed by atoms with van der Waals surface area (Å²) < 4.78 is 5.44. The smallest absolute Gasteiger partial charge is 0.244 e. The molecule has 1 amide bonds. The van der Waals surface area contributed by atoms with Crippen LogP contribution in [-0.4, -0.2) is 30.3 Å². The van der Waals surface area contributed by atoms with E-state index in [0.29, 0.717) is 0 Å². The van der Waals surface area contributed by atoms with Gasteiger partial charge in [0, 0.05) is 19.0 Å². The van der Waals surface area contributed by atoms with E-state index in [9.17, 15) is 9.90 Å². The van der Waals surface area contributed by atoms with Crippen LogP contribution in [0.1, 0.15) is 31.9 Å². The first-order valence-electron chi connectivity index (χ1n) is 7.26. The molecule has 1 aliphatic rings. The van der Waals surface area contributed by atoms with Crippen molar-refractivity contribution < 1.29 is 14.6 Å². The molecule has 0 saturated heterocycles. The zero-order valence-electron chi connectivity index (χ0n) is 12.8. The summed E-state index contributed by atoms with van der Waals surface area (Å²) >= 11 is 0. The third kappa shape index (κ3) is 4.33. The van der Waals surface area contributed by atoms with Gasteiger partial charge in [0.15, 0.2) is 0 Å². The first kappa shape index (κ1) is 15.6. The molecule has 21 heavy (non-hydrogen) atoms. The number of carbonyl (C=O) groups excluding carboxylic acids is 1. The molecule has 2 rings (SSSR count). The molecular formula is C17H23NO3. The van der Waals surface area contributed by atoms with Crippen LogP contribution in [0.15, 0.2) is 24.3 Å². The molecule has 0 saturated carbocycles. The molecule has 1 aliphatic heterocycles. The number of nitrogens with one attached hydrogen (secondary N) is 1. The summed E-state index contributed by atoms with van der Waals surface area (Å²) in [6.07, 6.45) is 3.62. The van der Waals surface area contributed by atoms with Crippen LogP contribution in [0.4, 0.5) is 0 Å². The van der Waals surface area contributed by atoms with E-state index in [1.165, 1.54) is 11.6 Å². The average molecular weight is 289 g/mol. The minimum absolute atomic E-state index is 0.199. The summed E-state index contributed by atoms with van der Waals surface area (Å²) in [5, 5.41) is 12.6. The van der Waals surface area contributed by atoms with Crippen molar-refractivity contribution in [2.24, 2.45) is 5.41 Å². The standard InChI is InChI=1S/C17H23NO3/c1-17(2,3)15(19)11-18-16(20)7-5-12-4-6-14-13(10-12)8-9-21-14/h4-7,10,15,19H,8-9,11H2,1-3H3,(H,18,20)/b7-5+. The zero-order chi connectivity index (χ0) is 15.5. The Bertz CT molecular complexity index is 543. The van der Waals surface area contributed by atoms with Crippen molar-refractivity contribution in [2.75, 3.05) is 13.2 Å². The van der Waals surface area contributed by atoms with Crippen LogP contribution in [0.2, 0.25) is 0 Å². The van der Waals surface area contributed by atoms with Crippen molar-refractivity contribution in [3.05, 3.63) is 35.4 Å². The number of rotatable bonds is 4. The molecule has 4 heteroatoms. The van der Waals surface area contributed by atoms with Crippen LogP contribution in [0.5, 0.6) is 5.75 Å². The average Bonchev–Trinajstić information content (AvgIpc) is 2.88. The summed E-state index contributed by atoms with van der Waals surface area (Å²) in [6.45, 7) is 6.79. The number of benzene rings is 1. The summed E-state index contributed by atoms with van der Waals surface area (Å²) in [5.74, 6) is 0.736. The van der Waals surface area contributed by atoms with Crippen molar-refractivity contribution in [1.82, 2.24) is 5.32 Å². The van der Waals surface area contributed by atoms with Gasteiger partial charge < -0.3 is 15.2 Å². The SMILES string of the molecule is CC(C)(C)C(O)CNC(=O)/C=C/c1ccc2c(c1)CCO2. The van der Waals surface area contributed by atoms with Gasteiger partial charge in [0.1, 0.15) is 5.75 Å². The maximum Gasteiger partial charge on any atom is 0.244 e. The van der Waals surface area contributed by atoms with E-state index >= 15 is 0 Å². The Kier molecular flexibility index (Phi) is 4.68. The fourth-order valence-corrected chi connectivity index (χ4v) is 2.04. The van der Waals surface area contributed by atoms with Crippen molar-refractivity contribution in [3.63, 3.8) is 0 Å². The number of amides is 1. The van der Waals surface area contributed by atoms with E-state index < -0.39 is 6.10 Å². The molecule has 0 aromatic heterocycles. The fourth-order valence-electron chi connectivity index (χ4n) is 2.04. The molecule has 0 fully saturated rings. The van der Waals surface area contributed by atoms with Crippen molar-refractivity contribution in [3.8, 4) is 5.75 Å². The molecule has 1 heterocycles. The second kappa shape index (κ2) is 6.31. The highest BCUT2D eigenvalue weighted by atomic mass is 16.5. The Labute approximate surface area is 125 Å². The number of hydrogen-bond donors (Lipinski definition) is 2. The van der Waals surface area contributed by atoms with Crippen molar-refractivity contribution in [2.45, 2.75) is 33.3 Å². The lowest BCUT2D eigenvalue weighted by molar-refractivity contribution is -0.117. The third-order valence-corrected chi connectivity index (χ3v) is 3.61. The molecule has 1 aromatic carbocycles. The van der Waals surface area contributed by atoms with Crippen LogP contribution in [0.3, 0.4) is 0 Å². The van der Waals surface area contributed by atoms with Gasteiger partial charge in [-0.2, -0.15) is 0 Å². The molecule has 1 atom stereocenters. The van der Waals surface area contributed by atoms with Crippen LogP contribution in [0.25, 0.3) is 6.08 Å². The predicted molar refractivity (Wildman–Crippen MR) is 83.1 cm³/mol. The number of aliphatic hydroxyl groups is 1. The van der Waals surface area contributed by atoms with E-state index in [-0.39, 0.29) is 17.9 Å². The second-order valence-electron chi connectivity index (χ2n) is 6.43. The van der Waals surface area contributed by atoms with Crippen molar-refractivity contribution >= 4 is 12.0 Å². The van der Waals surface area contributed by atoms with Gasteiger partial charge in [0.25, 0.3) is 0 Å². The molecule has 0 aliphatic carbocycles. The number of aliphatic hydroxyl groups excluding tert-OH is 1. The molecule has 0 spiro atoms. The van der Waals surface area contributed by atoms with Gasteiger partial charge in [0.2, 0.25) is 5.91 Å². The summed E-state index contributed by atoms with van der Waals surface area (Å²) in [4.78, 5) is 11.7. The Balaban J connectivity index is 1.88. The predicted octanol–water partition coefficient (Wildman–Crippen LogP) is 2.16. The second-order valence-corrected chi connectivity index (χ2v) is 6.43. The monoisotopic (exact) mass is 289 g/mol. The first-order chi connectivity index (χ1) is 9.86. The zero-order valence-corrected chi connectivity index (χ0v) is 12.8. The van der Waals surface area contributed by atoms with Gasteiger partial charge in [-0.15, -0.1) is 0 Å². The maximum absolute atomic E-state index is 11.7. The van der Waals surface area contributed by atoms with Crippen LogP contribution < -0.4 is 10.1 Å². The molecule has 1 unspecified atom stereocenters. The third-order valence-electron chi connectivity index (χ3n) is 3.61. The lowest BCUT2D eigenvalue weighted by Crippen LogP contribution is -2.38. The molecular weight excluding hydrogens is 266 g/mol. The van der Waals surface area contributed by atoms with E-state index in [4.69, 9.17) is 4.74 Å². The molecule has 4 nitrogen and oxygen atoms in total. The normalized spacial score (nSPS) is 15.6. The lowest BCUT2D eigenvalue weighted by Gasteiger charge is -2.25. The Hall–Kier alpha value is -1.81. The highest BCUT2D eigenvalue weighted by Crippen LogP contribution is 2.26. The van der Waals surface area contributed by atoms with Gasteiger partial charge in [-0.1, -0.05) is 26.8 Å².